The van der Waals surface area contributed by atoms with Crippen LogP contribution in [0.1, 0.15) is 19.4 Å². The van der Waals surface area contributed by atoms with E-state index in [1.165, 1.54) is 16.4 Å². The Kier molecular flexibility index (Phi) is 3.57. The first kappa shape index (κ1) is 14.3. The molecule has 19 heavy (non-hydrogen) atoms. The molecular weight excluding hydrogens is 267 g/mol. The highest BCUT2D eigenvalue weighted by Gasteiger charge is 2.35. The number of hydrogen-bond acceptors (Lipinski definition) is 3. The molecule has 0 aromatic heterocycles. The Labute approximate surface area is 113 Å². The number of nitrogens with two attached hydrogens (primary N) is 1. The molecule has 1 heterocycles. The fourth-order valence-electron chi connectivity index (χ4n) is 2.36. The Morgan fingerprint density at radius 3 is 2.32 bits per heavy atom. The van der Waals surface area contributed by atoms with Crippen LogP contribution in [0.4, 0.5) is 10.1 Å². The predicted molar refractivity (Wildman–Crippen MR) is 72.6 cm³/mol. The van der Waals surface area contributed by atoms with Gasteiger partial charge in [0.05, 0.1) is 10.6 Å². The Balaban J connectivity index is 2.43. The van der Waals surface area contributed by atoms with E-state index in [-0.39, 0.29) is 10.6 Å². The van der Waals surface area contributed by atoms with Crippen LogP contribution in [0, 0.1) is 24.6 Å². The van der Waals surface area contributed by atoms with Crippen molar-refractivity contribution >= 4 is 15.7 Å². The average molecular weight is 286 g/mol. The maximum absolute atomic E-state index is 13.3. The van der Waals surface area contributed by atoms with Crippen LogP contribution in [0.2, 0.25) is 0 Å². The highest BCUT2D eigenvalue weighted by atomic mass is 32.2. The first-order valence-electron chi connectivity index (χ1n) is 6.29. The van der Waals surface area contributed by atoms with Crippen molar-refractivity contribution < 1.29 is 12.8 Å². The van der Waals surface area contributed by atoms with Crippen molar-refractivity contribution in [3.05, 3.63) is 23.5 Å². The number of anilines is 1. The molecule has 0 aliphatic carbocycles. The van der Waals surface area contributed by atoms with Crippen molar-refractivity contribution in [2.75, 3.05) is 18.8 Å². The molecule has 0 spiro atoms. The summed E-state index contributed by atoms with van der Waals surface area (Å²) in [5, 5.41) is 0. The van der Waals surface area contributed by atoms with E-state index in [0.717, 1.165) is 0 Å². The van der Waals surface area contributed by atoms with Gasteiger partial charge in [-0.15, -0.1) is 0 Å². The second-order valence-electron chi connectivity index (χ2n) is 5.42. The highest BCUT2D eigenvalue weighted by Crippen LogP contribution is 2.30. The minimum atomic E-state index is -3.59. The van der Waals surface area contributed by atoms with E-state index in [1.807, 2.05) is 13.8 Å². The van der Waals surface area contributed by atoms with Crippen LogP contribution in [0.25, 0.3) is 0 Å². The molecule has 0 saturated carbocycles. The molecule has 1 aliphatic heterocycles. The summed E-state index contributed by atoms with van der Waals surface area (Å²) in [7, 11) is -3.59. The molecule has 0 amide bonds. The summed E-state index contributed by atoms with van der Waals surface area (Å²) in [5.41, 5.74) is 5.73. The number of benzene rings is 1. The Hall–Kier alpha value is -1.14. The first-order chi connectivity index (χ1) is 8.73. The van der Waals surface area contributed by atoms with Gasteiger partial charge < -0.3 is 5.73 Å². The van der Waals surface area contributed by atoms with Gasteiger partial charge in [0, 0.05) is 13.1 Å². The van der Waals surface area contributed by atoms with E-state index < -0.39 is 15.8 Å². The molecule has 2 rings (SSSR count). The van der Waals surface area contributed by atoms with Gasteiger partial charge in [-0.2, -0.15) is 4.31 Å². The lowest BCUT2D eigenvalue weighted by Gasteiger charge is -2.18. The summed E-state index contributed by atoms with van der Waals surface area (Å²) >= 11 is 0. The summed E-state index contributed by atoms with van der Waals surface area (Å²) in [6.07, 6.45) is 0. The number of rotatable bonds is 2. The zero-order chi connectivity index (χ0) is 14.4. The van der Waals surface area contributed by atoms with Gasteiger partial charge in [0.2, 0.25) is 10.0 Å². The van der Waals surface area contributed by atoms with Gasteiger partial charge in [-0.1, -0.05) is 13.8 Å². The smallest absolute Gasteiger partial charge is 0.243 e. The second-order valence-corrected chi connectivity index (χ2v) is 7.32. The predicted octanol–water partition coefficient (Wildman–Crippen LogP) is 1.99. The van der Waals surface area contributed by atoms with Crippen molar-refractivity contribution in [3.8, 4) is 0 Å². The number of nitrogen functional groups attached to an aromatic ring is 1. The third-order valence-corrected chi connectivity index (χ3v) is 5.84. The Bertz CT molecular complexity index is 591. The normalized spacial score (nSPS) is 24.8. The third-order valence-electron chi connectivity index (χ3n) is 3.87. The number of halogens is 1. The first-order valence-corrected chi connectivity index (χ1v) is 7.73. The van der Waals surface area contributed by atoms with E-state index in [4.69, 9.17) is 5.73 Å². The summed E-state index contributed by atoms with van der Waals surface area (Å²) in [5.74, 6) is 0.0698. The molecule has 4 nitrogen and oxygen atoms in total. The number of sulfonamides is 1. The standard InChI is InChI=1S/C13H19FN2O2S/c1-8-4-11(14)12(15)5-13(8)19(17,18)16-6-9(2)10(3)7-16/h4-5,9-10H,6-7,15H2,1-3H3. The molecule has 1 fully saturated rings. The SMILES string of the molecule is Cc1cc(F)c(N)cc1S(=O)(=O)N1CC(C)C(C)C1. The van der Waals surface area contributed by atoms with Gasteiger partial charge in [-0.3, -0.25) is 0 Å². The van der Waals surface area contributed by atoms with Crippen LogP contribution in [0.5, 0.6) is 0 Å². The van der Waals surface area contributed by atoms with Crippen LogP contribution in [-0.4, -0.2) is 25.8 Å². The van der Waals surface area contributed by atoms with Crippen LogP contribution in [0.15, 0.2) is 17.0 Å². The lowest BCUT2D eigenvalue weighted by Crippen LogP contribution is -2.29. The zero-order valence-electron chi connectivity index (χ0n) is 11.4. The van der Waals surface area contributed by atoms with Crippen molar-refractivity contribution in [2.45, 2.75) is 25.7 Å². The zero-order valence-corrected chi connectivity index (χ0v) is 12.2. The van der Waals surface area contributed by atoms with Crippen molar-refractivity contribution in [1.82, 2.24) is 4.31 Å². The summed E-state index contributed by atoms with van der Waals surface area (Å²) in [6.45, 7) is 6.65. The van der Waals surface area contributed by atoms with Crippen molar-refractivity contribution in [2.24, 2.45) is 11.8 Å². The maximum Gasteiger partial charge on any atom is 0.243 e. The molecule has 2 unspecified atom stereocenters. The molecule has 1 aromatic rings. The van der Waals surface area contributed by atoms with Crippen molar-refractivity contribution in [1.29, 1.82) is 0 Å². The summed E-state index contributed by atoms with van der Waals surface area (Å²) in [4.78, 5) is 0.104. The molecule has 6 heteroatoms. The van der Waals surface area contributed by atoms with Crippen LogP contribution < -0.4 is 5.73 Å². The van der Waals surface area contributed by atoms with Crippen molar-refractivity contribution in [3.63, 3.8) is 0 Å². The van der Waals surface area contributed by atoms with E-state index in [2.05, 4.69) is 0 Å². The fraction of sp³-hybridized carbons (Fsp3) is 0.538. The van der Waals surface area contributed by atoms with Crippen LogP contribution in [0.3, 0.4) is 0 Å². The second kappa shape index (κ2) is 4.76. The summed E-state index contributed by atoms with van der Waals surface area (Å²) < 4.78 is 39.9. The van der Waals surface area contributed by atoms with Gasteiger partial charge in [0.15, 0.2) is 0 Å². The topological polar surface area (TPSA) is 63.4 Å². The highest BCUT2D eigenvalue weighted by molar-refractivity contribution is 7.89. The minimum absolute atomic E-state index is 0.104. The lowest BCUT2D eigenvalue weighted by atomic mass is 10.0. The number of aryl methyl sites for hydroxylation is 1. The van der Waals surface area contributed by atoms with Crippen LogP contribution in [-0.2, 0) is 10.0 Å². The van der Waals surface area contributed by atoms with Gasteiger partial charge in [0.25, 0.3) is 0 Å². The molecule has 1 saturated heterocycles. The molecule has 1 aromatic carbocycles. The molecule has 106 valence electrons. The monoisotopic (exact) mass is 286 g/mol. The van der Waals surface area contributed by atoms with Gasteiger partial charge in [0.1, 0.15) is 5.82 Å². The number of hydrogen-bond donors (Lipinski definition) is 1. The maximum atomic E-state index is 13.3. The van der Waals surface area contributed by atoms with Gasteiger partial charge >= 0.3 is 0 Å². The Morgan fingerprint density at radius 2 is 1.79 bits per heavy atom. The molecule has 2 N–H and O–H groups in total. The van der Waals surface area contributed by atoms with E-state index in [9.17, 15) is 12.8 Å². The summed E-state index contributed by atoms with van der Waals surface area (Å²) in [6, 6.07) is 2.39. The van der Waals surface area contributed by atoms with E-state index in [0.29, 0.717) is 30.5 Å². The van der Waals surface area contributed by atoms with Gasteiger partial charge in [-0.05, 0) is 36.5 Å². The quantitative estimate of drug-likeness (QED) is 0.846. The number of nitrogens with zero attached hydrogens (tertiary/aromatic N) is 1. The molecular formula is C13H19FN2O2S. The molecule has 0 bridgehead atoms. The van der Waals surface area contributed by atoms with E-state index >= 15 is 0 Å². The fourth-order valence-corrected chi connectivity index (χ4v) is 4.24. The lowest BCUT2D eigenvalue weighted by molar-refractivity contribution is 0.462. The minimum Gasteiger partial charge on any atom is -0.396 e. The van der Waals surface area contributed by atoms with E-state index in [1.54, 1.807) is 6.92 Å². The molecule has 0 radical (unpaired) electrons. The largest absolute Gasteiger partial charge is 0.396 e. The third kappa shape index (κ3) is 2.47. The molecule has 2 atom stereocenters. The Morgan fingerprint density at radius 1 is 1.26 bits per heavy atom. The average Bonchev–Trinajstić information content (AvgIpc) is 2.65. The van der Waals surface area contributed by atoms with Gasteiger partial charge in [-0.25, -0.2) is 12.8 Å². The van der Waals surface area contributed by atoms with Crippen LogP contribution >= 0.6 is 0 Å². The molecule has 1 aliphatic rings.